The van der Waals surface area contributed by atoms with Crippen LogP contribution in [-0.4, -0.2) is 38.5 Å². The summed E-state index contributed by atoms with van der Waals surface area (Å²) in [7, 11) is 0. The Labute approximate surface area is 113 Å². The zero-order chi connectivity index (χ0) is 13.2. The quantitative estimate of drug-likeness (QED) is 0.652. The summed E-state index contributed by atoms with van der Waals surface area (Å²) < 4.78 is 11.5. The molecule has 0 aromatic heterocycles. The maximum atomic E-state index is 6.14. The Morgan fingerprint density at radius 1 is 1.28 bits per heavy atom. The number of hydrogen-bond donors (Lipinski definition) is 1. The van der Waals surface area contributed by atoms with Crippen molar-refractivity contribution in [3.8, 4) is 0 Å². The molecule has 0 aromatic carbocycles. The Bertz CT molecular complexity index is 193. The second-order valence-corrected chi connectivity index (χ2v) is 5.36. The van der Waals surface area contributed by atoms with Crippen molar-refractivity contribution in [3.05, 3.63) is 0 Å². The maximum Gasteiger partial charge on any atom is 0.0725 e. The lowest BCUT2D eigenvalue weighted by molar-refractivity contribution is 0.000227. The van der Waals surface area contributed by atoms with E-state index < -0.39 is 0 Å². The zero-order valence-electron chi connectivity index (χ0n) is 12.4. The first-order valence-electron chi connectivity index (χ1n) is 7.74. The highest BCUT2D eigenvalue weighted by Gasteiger charge is 2.22. The van der Waals surface area contributed by atoms with Crippen LogP contribution in [0.25, 0.3) is 0 Å². The first-order chi connectivity index (χ1) is 8.81. The molecule has 1 saturated heterocycles. The van der Waals surface area contributed by atoms with E-state index in [2.05, 4.69) is 26.1 Å². The molecule has 1 N–H and O–H groups in total. The molecule has 0 aliphatic carbocycles. The second-order valence-electron chi connectivity index (χ2n) is 5.36. The van der Waals surface area contributed by atoms with E-state index >= 15 is 0 Å². The maximum absolute atomic E-state index is 6.14. The molecule has 0 spiro atoms. The molecule has 1 aliphatic rings. The summed E-state index contributed by atoms with van der Waals surface area (Å²) in [6, 6.07) is 0.516. The van der Waals surface area contributed by atoms with Crippen molar-refractivity contribution in [3.63, 3.8) is 0 Å². The van der Waals surface area contributed by atoms with Crippen LogP contribution in [0, 0.1) is 5.92 Å². The summed E-state index contributed by atoms with van der Waals surface area (Å²) >= 11 is 0. The minimum Gasteiger partial charge on any atom is -0.381 e. The highest BCUT2D eigenvalue weighted by atomic mass is 16.5. The lowest BCUT2D eigenvalue weighted by Crippen LogP contribution is -2.42. The van der Waals surface area contributed by atoms with E-state index in [1.165, 1.54) is 19.3 Å². The van der Waals surface area contributed by atoms with Gasteiger partial charge in [0.15, 0.2) is 0 Å². The van der Waals surface area contributed by atoms with Gasteiger partial charge in [0.2, 0.25) is 0 Å². The summed E-state index contributed by atoms with van der Waals surface area (Å²) in [5.74, 6) is 0.618. The molecule has 0 aromatic rings. The van der Waals surface area contributed by atoms with E-state index in [1.807, 2.05) is 0 Å². The average Bonchev–Trinajstić information content (AvgIpc) is 2.89. The first-order valence-corrected chi connectivity index (χ1v) is 7.74. The molecule has 3 atom stereocenters. The minimum atomic E-state index is 0.358. The van der Waals surface area contributed by atoms with Gasteiger partial charge >= 0.3 is 0 Å². The molecular weight excluding hydrogens is 226 g/mol. The van der Waals surface area contributed by atoms with Crippen LogP contribution in [0.3, 0.4) is 0 Å². The lowest BCUT2D eigenvalue weighted by atomic mass is 10.0. The third-order valence-corrected chi connectivity index (χ3v) is 3.68. The zero-order valence-corrected chi connectivity index (χ0v) is 12.4. The van der Waals surface area contributed by atoms with Gasteiger partial charge in [0, 0.05) is 18.6 Å². The summed E-state index contributed by atoms with van der Waals surface area (Å²) in [4.78, 5) is 0. The van der Waals surface area contributed by atoms with Gasteiger partial charge in [-0.3, -0.25) is 0 Å². The molecule has 108 valence electrons. The topological polar surface area (TPSA) is 30.5 Å². The SMILES string of the molecule is CCCNC(CCC)C(CC)OCC1CCOC1. The van der Waals surface area contributed by atoms with Gasteiger partial charge in [0.1, 0.15) is 0 Å². The molecule has 18 heavy (non-hydrogen) atoms. The number of rotatable bonds is 10. The van der Waals surface area contributed by atoms with E-state index in [0.717, 1.165) is 39.2 Å². The lowest BCUT2D eigenvalue weighted by Gasteiger charge is -2.28. The highest BCUT2D eigenvalue weighted by molar-refractivity contribution is 4.77. The molecule has 0 saturated carbocycles. The molecule has 0 radical (unpaired) electrons. The second kappa shape index (κ2) is 9.76. The Morgan fingerprint density at radius 2 is 2.11 bits per heavy atom. The van der Waals surface area contributed by atoms with Crippen molar-refractivity contribution >= 4 is 0 Å². The number of nitrogens with one attached hydrogen (secondary N) is 1. The third kappa shape index (κ3) is 5.68. The summed E-state index contributed by atoms with van der Waals surface area (Å²) in [6.07, 6.45) is 6.23. The van der Waals surface area contributed by atoms with Crippen molar-refractivity contribution in [1.29, 1.82) is 0 Å². The highest BCUT2D eigenvalue weighted by Crippen LogP contribution is 2.16. The van der Waals surface area contributed by atoms with Crippen molar-refractivity contribution in [1.82, 2.24) is 5.32 Å². The van der Waals surface area contributed by atoms with E-state index in [0.29, 0.717) is 18.1 Å². The molecule has 1 rings (SSSR count). The van der Waals surface area contributed by atoms with Gasteiger partial charge in [-0.2, -0.15) is 0 Å². The standard InChI is InChI=1S/C15H31NO2/c1-4-7-14(16-9-5-2)15(6-3)18-12-13-8-10-17-11-13/h13-16H,4-12H2,1-3H3. The minimum absolute atomic E-state index is 0.358. The third-order valence-electron chi connectivity index (χ3n) is 3.68. The van der Waals surface area contributed by atoms with Gasteiger partial charge in [-0.1, -0.05) is 27.2 Å². The predicted octanol–water partition coefficient (Wildman–Crippen LogP) is 2.99. The smallest absolute Gasteiger partial charge is 0.0725 e. The van der Waals surface area contributed by atoms with Gasteiger partial charge < -0.3 is 14.8 Å². The van der Waals surface area contributed by atoms with Gasteiger partial charge in [-0.15, -0.1) is 0 Å². The fourth-order valence-corrected chi connectivity index (χ4v) is 2.55. The summed E-state index contributed by atoms with van der Waals surface area (Å²) in [5.41, 5.74) is 0. The summed E-state index contributed by atoms with van der Waals surface area (Å²) in [5, 5.41) is 3.64. The molecular formula is C15H31NO2. The monoisotopic (exact) mass is 257 g/mol. The van der Waals surface area contributed by atoms with E-state index in [1.54, 1.807) is 0 Å². The van der Waals surface area contributed by atoms with Crippen LogP contribution in [0.5, 0.6) is 0 Å². The fraction of sp³-hybridized carbons (Fsp3) is 1.00. The Kier molecular flexibility index (Phi) is 8.64. The van der Waals surface area contributed by atoms with Crippen molar-refractivity contribution in [2.24, 2.45) is 5.92 Å². The van der Waals surface area contributed by atoms with Crippen LogP contribution < -0.4 is 5.32 Å². The van der Waals surface area contributed by atoms with E-state index in [-0.39, 0.29) is 0 Å². The van der Waals surface area contributed by atoms with Crippen LogP contribution >= 0.6 is 0 Å². The first kappa shape index (κ1) is 15.9. The molecule has 1 heterocycles. The van der Waals surface area contributed by atoms with Crippen LogP contribution in [0.1, 0.15) is 52.9 Å². The molecule has 0 amide bonds. The summed E-state index contributed by atoms with van der Waals surface area (Å²) in [6.45, 7) is 10.5. The van der Waals surface area contributed by atoms with Gasteiger partial charge in [-0.05, 0) is 32.2 Å². The van der Waals surface area contributed by atoms with Gasteiger partial charge in [-0.25, -0.2) is 0 Å². The Balaban J connectivity index is 2.33. The van der Waals surface area contributed by atoms with Crippen molar-refractivity contribution in [2.75, 3.05) is 26.4 Å². The molecule has 1 aliphatic heterocycles. The fourth-order valence-electron chi connectivity index (χ4n) is 2.55. The van der Waals surface area contributed by atoms with Gasteiger partial charge in [0.25, 0.3) is 0 Å². The Hall–Kier alpha value is -0.120. The largest absolute Gasteiger partial charge is 0.381 e. The van der Waals surface area contributed by atoms with Crippen molar-refractivity contribution in [2.45, 2.75) is 65.0 Å². The van der Waals surface area contributed by atoms with Crippen LogP contribution in [0.2, 0.25) is 0 Å². The molecule has 3 unspecified atom stereocenters. The Morgan fingerprint density at radius 3 is 2.67 bits per heavy atom. The molecule has 3 nitrogen and oxygen atoms in total. The van der Waals surface area contributed by atoms with Crippen LogP contribution in [-0.2, 0) is 9.47 Å². The van der Waals surface area contributed by atoms with E-state index in [9.17, 15) is 0 Å². The van der Waals surface area contributed by atoms with Crippen LogP contribution in [0.15, 0.2) is 0 Å². The van der Waals surface area contributed by atoms with Crippen LogP contribution in [0.4, 0.5) is 0 Å². The molecule has 0 bridgehead atoms. The normalized spacial score (nSPS) is 23.2. The predicted molar refractivity (Wildman–Crippen MR) is 75.9 cm³/mol. The van der Waals surface area contributed by atoms with Gasteiger partial charge in [0.05, 0.1) is 19.3 Å². The number of ether oxygens (including phenoxy) is 2. The molecule has 3 heteroatoms. The number of hydrogen-bond acceptors (Lipinski definition) is 3. The van der Waals surface area contributed by atoms with E-state index in [4.69, 9.17) is 9.47 Å². The molecule has 1 fully saturated rings. The van der Waals surface area contributed by atoms with Crippen molar-refractivity contribution < 1.29 is 9.47 Å². The average molecular weight is 257 g/mol.